The molecule has 0 fully saturated rings. The molecule has 0 saturated carbocycles. The average molecular weight is 251 g/mol. The van der Waals surface area contributed by atoms with Crippen LogP contribution in [-0.4, -0.2) is 18.3 Å². The molecule has 17 heavy (non-hydrogen) atoms. The van der Waals surface area contributed by atoms with Gasteiger partial charge in [0.15, 0.2) is 0 Å². The standard InChI is InChI=1S/C15H25NS/c1-5-6-14(4)16-9-10-17-15-11-12(2)7-8-13(15)3/h7-8,11,14,16H,5-6,9-10H2,1-4H3. The van der Waals surface area contributed by atoms with E-state index in [1.165, 1.54) is 28.9 Å². The Morgan fingerprint density at radius 3 is 2.76 bits per heavy atom. The molecule has 1 rings (SSSR count). The zero-order valence-electron chi connectivity index (χ0n) is 11.5. The molecule has 1 aromatic carbocycles. The fraction of sp³-hybridized carbons (Fsp3) is 0.600. The molecule has 1 aromatic rings. The Hall–Kier alpha value is -0.470. The van der Waals surface area contributed by atoms with Crippen molar-refractivity contribution < 1.29 is 0 Å². The summed E-state index contributed by atoms with van der Waals surface area (Å²) in [6, 6.07) is 7.33. The van der Waals surface area contributed by atoms with E-state index in [0.717, 1.165) is 12.3 Å². The molecule has 0 aliphatic heterocycles. The van der Waals surface area contributed by atoms with Crippen LogP contribution in [0, 0.1) is 13.8 Å². The molecule has 0 amide bonds. The van der Waals surface area contributed by atoms with Gasteiger partial charge in [-0.25, -0.2) is 0 Å². The van der Waals surface area contributed by atoms with E-state index in [9.17, 15) is 0 Å². The van der Waals surface area contributed by atoms with Crippen molar-refractivity contribution in [2.24, 2.45) is 0 Å². The smallest absolute Gasteiger partial charge is 0.0106 e. The second-order valence-corrected chi connectivity index (χ2v) is 5.90. The summed E-state index contributed by atoms with van der Waals surface area (Å²) in [6.07, 6.45) is 2.53. The maximum atomic E-state index is 3.57. The van der Waals surface area contributed by atoms with Crippen LogP contribution in [0.5, 0.6) is 0 Å². The first-order valence-corrected chi connectivity index (χ1v) is 7.55. The summed E-state index contributed by atoms with van der Waals surface area (Å²) >= 11 is 1.96. The van der Waals surface area contributed by atoms with Crippen molar-refractivity contribution in [3.63, 3.8) is 0 Å². The number of aryl methyl sites for hydroxylation is 2. The van der Waals surface area contributed by atoms with Gasteiger partial charge < -0.3 is 5.32 Å². The van der Waals surface area contributed by atoms with Crippen LogP contribution in [0.3, 0.4) is 0 Å². The van der Waals surface area contributed by atoms with E-state index >= 15 is 0 Å². The van der Waals surface area contributed by atoms with Crippen molar-refractivity contribution in [1.29, 1.82) is 0 Å². The molecule has 96 valence electrons. The highest BCUT2D eigenvalue weighted by molar-refractivity contribution is 7.99. The minimum atomic E-state index is 0.652. The van der Waals surface area contributed by atoms with E-state index in [1.807, 2.05) is 11.8 Å². The fourth-order valence-corrected chi connectivity index (χ4v) is 2.87. The van der Waals surface area contributed by atoms with Crippen molar-refractivity contribution in [2.75, 3.05) is 12.3 Å². The minimum Gasteiger partial charge on any atom is -0.313 e. The summed E-state index contributed by atoms with van der Waals surface area (Å²) in [6.45, 7) is 9.95. The van der Waals surface area contributed by atoms with Crippen LogP contribution in [-0.2, 0) is 0 Å². The maximum absolute atomic E-state index is 3.57. The Bertz CT molecular complexity index is 336. The molecule has 0 heterocycles. The lowest BCUT2D eigenvalue weighted by Crippen LogP contribution is -2.27. The first-order chi connectivity index (χ1) is 8.13. The van der Waals surface area contributed by atoms with E-state index in [-0.39, 0.29) is 0 Å². The molecule has 0 aromatic heterocycles. The summed E-state index contributed by atoms with van der Waals surface area (Å²) in [4.78, 5) is 1.43. The third-order valence-corrected chi connectivity index (χ3v) is 4.08. The van der Waals surface area contributed by atoms with E-state index in [2.05, 4.69) is 51.2 Å². The van der Waals surface area contributed by atoms with Gasteiger partial charge in [-0.05, 0) is 38.8 Å². The first kappa shape index (κ1) is 14.6. The van der Waals surface area contributed by atoms with Crippen LogP contribution >= 0.6 is 11.8 Å². The predicted molar refractivity (Wildman–Crippen MR) is 79.0 cm³/mol. The molecule has 1 N–H and O–H groups in total. The van der Waals surface area contributed by atoms with E-state index < -0.39 is 0 Å². The number of rotatable bonds is 7. The summed E-state index contributed by atoms with van der Waals surface area (Å²) < 4.78 is 0. The van der Waals surface area contributed by atoms with Crippen LogP contribution in [0.25, 0.3) is 0 Å². The zero-order chi connectivity index (χ0) is 12.7. The highest BCUT2D eigenvalue weighted by atomic mass is 32.2. The second-order valence-electron chi connectivity index (χ2n) is 4.76. The van der Waals surface area contributed by atoms with Gasteiger partial charge >= 0.3 is 0 Å². The van der Waals surface area contributed by atoms with Gasteiger partial charge in [0.2, 0.25) is 0 Å². The third-order valence-electron chi connectivity index (χ3n) is 2.92. The molecule has 0 radical (unpaired) electrons. The van der Waals surface area contributed by atoms with Crippen molar-refractivity contribution in [2.45, 2.75) is 51.5 Å². The van der Waals surface area contributed by atoms with E-state index in [4.69, 9.17) is 0 Å². The minimum absolute atomic E-state index is 0.652. The molecule has 0 aliphatic carbocycles. The van der Waals surface area contributed by atoms with Crippen molar-refractivity contribution in [1.82, 2.24) is 5.32 Å². The van der Waals surface area contributed by atoms with Gasteiger partial charge in [-0.1, -0.05) is 31.0 Å². The molecular weight excluding hydrogens is 226 g/mol. The lowest BCUT2D eigenvalue weighted by Gasteiger charge is -2.12. The lowest BCUT2D eigenvalue weighted by molar-refractivity contribution is 0.526. The number of hydrogen-bond acceptors (Lipinski definition) is 2. The lowest BCUT2D eigenvalue weighted by atomic mass is 10.2. The van der Waals surface area contributed by atoms with Crippen LogP contribution in [0.15, 0.2) is 23.1 Å². The molecule has 0 saturated heterocycles. The molecule has 1 atom stereocenters. The summed E-state index contributed by atoms with van der Waals surface area (Å²) in [7, 11) is 0. The highest BCUT2D eigenvalue weighted by Crippen LogP contribution is 2.22. The quantitative estimate of drug-likeness (QED) is 0.576. The molecule has 0 bridgehead atoms. The zero-order valence-corrected chi connectivity index (χ0v) is 12.4. The molecule has 1 nitrogen and oxygen atoms in total. The fourth-order valence-electron chi connectivity index (χ4n) is 1.86. The number of benzene rings is 1. The number of hydrogen-bond donors (Lipinski definition) is 1. The van der Waals surface area contributed by atoms with Crippen LogP contribution in [0.4, 0.5) is 0 Å². The monoisotopic (exact) mass is 251 g/mol. The van der Waals surface area contributed by atoms with Gasteiger partial charge in [0.1, 0.15) is 0 Å². The van der Waals surface area contributed by atoms with Crippen molar-refractivity contribution >= 4 is 11.8 Å². The SMILES string of the molecule is CCCC(C)NCCSc1cc(C)ccc1C. The number of nitrogens with one attached hydrogen (secondary N) is 1. The number of thioether (sulfide) groups is 1. The Kier molecular flexibility index (Phi) is 6.68. The summed E-state index contributed by atoms with van der Waals surface area (Å²) in [5, 5.41) is 3.57. The van der Waals surface area contributed by atoms with Crippen LogP contribution in [0.1, 0.15) is 37.8 Å². The Morgan fingerprint density at radius 1 is 1.29 bits per heavy atom. The van der Waals surface area contributed by atoms with Crippen molar-refractivity contribution in [3.05, 3.63) is 29.3 Å². The van der Waals surface area contributed by atoms with Gasteiger partial charge in [-0.3, -0.25) is 0 Å². The first-order valence-electron chi connectivity index (χ1n) is 6.57. The molecule has 2 heteroatoms. The molecule has 1 unspecified atom stereocenters. The second kappa shape index (κ2) is 7.78. The molecular formula is C15H25NS. The largest absolute Gasteiger partial charge is 0.313 e. The summed E-state index contributed by atoms with van der Waals surface area (Å²) in [5.41, 5.74) is 2.74. The maximum Gasteiger partial charge on any atom is 0.0106 e. The Balaban J connectivity index is 2.28. The van der Waals surface area contributed by atoms with Gasteiger partial charge in [-0.15, -0.1) is 11.8 Å². The molecule has 0 spiro atoms. The average Bonchev–Trinajstić information content (AvgIpc) is 2.29. The van der Waals surface area contributed by atoms with Gasteiger partial charge in [0.05, 0.1) is 0 Å². The van der Waals surface area contributed by atoms with Crippen LogP contribution < -0.4 is 5.32 Å². The Labute approximate surface area is 110 Å². The van der Waals surface area contributed by atoms with E-state index in [1.54, 1.807) is 0 Å². The highest BCUT2D eigenvalue weighted by Gasteiger charge is 2.01. The van der Waals surface area contributed by atoms with Crippen molar-refractivity contribution in [3.8, 4) is 0 Å². The van der Waals surface area contributed by atoms with Gasteiger partial charge in [0, 0.05) is 23.2 Å². The Morgan fingerprint density at radius 2 is 2.06 bits per heavy atom. The third kappa shape index (κ3) is 5.60. The van der Waals surface area contributed by atoms with Gasteiger partial charge in [-0.2, -0.15) is 0 Å². The normalized spacial score (nSPS) is 12.7. The van der Waals surface area contributed by atoms with Crippen LogP contribution in [0.2, 0.25) is 0 Å². The topological polar surface area (TPSA) is 12.0 Å². The molecule has 0 aliphatic rings. The predicted octanol–water partition coefficient (Wildman–Crippen LogP) is 4.17. The van der Waals surface area contributed by atoms with Gasteiger partial charge in [0.25, 0.3) is 0 Å². The van der Waals surface area contributed by atoms with E-state index in [0.29, 0.717) is 6.04 Å². The summed E-state index contributed by atoms with van der Waals surface area (Å²) in [5.74, 6) is 1.15.